The van der Waals surface area contributed by atoms with E-state index in [4.69, 9.17) is 9.47 Å². The quantitative estimate of drug-likeness (QED) is 0.330. The van der Waals surface area contributed by atoms with E-state index < -0.39 is 5.60 Å². The summed E-state index contributed by atoms with van der Waals surface area (Å²) in [7, 11) is 1.58. The number of piperidine rings is 1. The number of benzene rings is 1. The van der Waals surface area contributed by atoms with E-state index in [-0.39, 0.29) is 24.0 Å². The molecule has 4 N–H and O–H groups in total. The summed E-state index contributed by atoms with van der Waals surface area (Å²) >= 11 is 0. The number of nitrogens with one attached hydrogen (secondary N) is 2. The van der Waals surface area contributed by atoms with E-state index >= 15 is 0 Å². The molecule has 0 radical (unpaired) electrons. The molecule has 1 saturated heterocycles. The molecule has 1 aliphatic heterocycles. The van der Waals surface area contributed by atoms with Crippen LogP contribution < -0.4 is 14.8 Å². The second kappa shape index (κ2) is 11.9. The van der Waals surface area contributed by atoms with Crippen LogP contribution in [0.3, 0.4) is 0 Å². The number of nitrogens with zero attached hydrogens (tertiary/aromatic N) is 2. The van der Waals surface area contributed by atoms with Crippen molar-refractivity contribution in [1.82, 2.24) is 20.2 Å². The van der Waals surface area contributed by atoms with Crippen molar-refractivity contribution < 1.29 is 24.5 Å². The number of aliphatic hydroxyl groups is 2. The molecule has 2 aromatic heterocycles. The van der Waals surface area contributed by atoms with Gasteiger partial charge in [-0.25, -0.2) is 4.98 Å². The highest BCUT2D eigenvalue weighted by atomic mass is 16.5. The zero-order valence-electron chi connectivity index (χ0n) is 22.9. The van der Waals surface area contributed by atoms with Crippen LogP contribution in [0.5, 0.6) is 11.6 Å². The van der Waals surface area contributed by atoms with Crippen LogP contribution in [0.1, 0.15) is 61.5 Å². The molecule has 210 valence electrons. The van der Waals surface area contributed by atoms with Crippen LogP contribution in [0.15, 0.2) is 42.6 Å². The molecule has 2 atom stereocenters. The van der Waals surface area contributed by atoms with Gasteiger partial charge in [0.25, 0.3) is 5.91 Å². The van der Waals surface area contributed by atoms with E-state index in [0.29, 0.717) is 36.8 Å². The van der Waals surface area contributed by atoms with Gasteiger partial charge in [0.05, 0.1) is 18.8 Å². The van der Waals surface area contributed by atoms with Gasteiger partial charge in [-0.05, 0) is 68.7 Å². The molecule has 0 unspecified atom stereocenters. The number of rotatable bonds is 9. The van der Waals surface area contributed by atoms with Crippen LogP contribution in [0, 0.1) is 5.92 Å². The fourth-order valence-electron chi connectivity index (χ4n) is 5.76. The van der Waals surface area contributed by atoms with Gasteiger partial charge in [0.1, 0.15) is 18.1 Å². The van der Waals surface area contributed by atoms with E-state index in [1.807, 2.05) is 30.3 Å². The third-order valence-corrected chi connectivity index (χ3v) is 8.36. The first-order chi connectivity index (χ1) is 18.8. The summed E-state index contributed by atoms with van der Waals surface area (Å²) < 4.78 is 11.2. The maximum atomic E-state index is 13.1. The first kappa shape index (κ1) is 27.4. The second-order valence-electron chi connectivity index (χ2n) is 11.3. The number of aliphatic hydroxyl groups excluding tert-OH is 1. The topological polar surface area (TPSA) is 120 Å². The fourth-order valence-corrected chi connectivity index (χ4v) is 5.76. The molecule has 1 amide bonds. The first-order valence-electron chi connectivity index (χ1n) is 14.0. The van der Waals surface area contributed by atoms with Gasteiger partial charge < -0.3 is 34.9 Å². The number of likely N-dealkylation sites (tertiary alicyclic amines) is 1. The average molecular weight is 537 g/mol. The van der Waals surface area contributed by atoms with Gasteiger partial charge in [-0.3, -0.25) is 4.79 Å². The minimum atomic E-state index is -0.687. The number of ether oxygens (including phenoxy) is 2. The number of carbonyl (C=O) groups excluding carboxylic acids is 1. The summed E-state index contributed by atoms with van der Waals surface area (Å²) in [6.07, 6.45) is 5.90. The molecular weight excluding hydrogens is 496 g/mol. The summed E-state index contributed by atoms with van der Waals surface area (Å²) in [5.74, 6) is 1.38. The Balaban J connectivity index is 1.13. The van der Waals surface area contributed by atoms with E-state index in [2.05, 4.69) is 27.1 Å². The Morgan fingerprint density at radius 2 is 2.05 bits per heavy atom. The number of carbonyl (C=O) groups is 1. The van der Waals surface area contributed by atoms with Crippen molar-refractivity contribution in [3.05, 3.63) is 53.9 Å². The Kier molecular flexibility index (Phi) is 8.40. The Morgan fingerprint density at radius 3 is 2.77 bits per heavy atom. The van der Waals surface area contributed by atoms with Crippen molar-refractivity contribution in [2.24, 2.45) is 5.92 Å². The molecule has 0 spiro atoms. The lowest BCUT2D eigenvalue weighted by Crippen LogP contribution is -2.47. The lowest BCUT2D eigenvalue weighted by molar-refractivity contribution is -0.0272. The van der Waals surface area contributed by atoms with Gasteiger partial charge in [-0.1, -0.05) is 13.0 Å². The Bertz CT molecular complexity index is 1250. The number of hydrogen-bond donors (Lipinski definition) is 4. The summed E-state index contributed by atoms with van der Waals surface area (Å²) in [5.41, 5.74) is 1.56. The SMILES string of the molecule is COc1ccc(COc2cccc3[nH]c(C(=O)N[C@H]4CC[C@](O)(CCN5CC[C@H](O)[C@@H](C)C5)CC4)cc23)cn1. The standard InChI is InChI=1S/C30H40N4O5/c1-20-18-34(14-10-26(20)35)15-13-30(37)11-8-22(9-12-30)32-29(36)25-16-23-24(33-25)4-3-5-27(23)39-19-21-6-7-28(38-2)31-17-21/h3-7,16-17,20,22,26,33,35,37H,8-15,18-19H2,1-2H3,(H,32,36)/t20-,22-,26-,30+/m0/s1. The zero-order chi connectivity index (χ0) is 27.4. The molecule has 9 nitrogen and oxygen atoms in total. The number of amides is 1. The van der Waals surface area contributed by atoms with Crippen LogP contribution >= 0.6 is 0 Å². The van der Waals surface area contributed by atoms with Gasteiger partial charge in [0.15, 0.2) is 0 Å². The monoisotopic (exact) mass is 536 g/mol. The molecule has 3 heterocycles. The van der Waals surface area contributed by atoms with Gasteiger partial charge in [-0.2, -0.15) is 0 Å². The summed E-state index contributed by atoms with van der Waals surface area (Å²) in [5, 5.41) is 25.1. The molecule has 2 aliphatic rings. The fraction of sp³-hybridized carbons (Fsp3) is 0.533. The number of aromatic nitrogens is 2. The molecule has 39 heavy (non-hydrogen) atoms. The van der Waals surface area contributed by atoms with Crippen LogP contribution in [-0.2, 0) is 6.61 Å². The summed E-state index contributed by atoms with van der Waals surface area (Å²) in [6.45, 7) is 5.05. The van der Waals surface area contributed by atoms with Gasteiger partial charge >= 0.3 is 0 Å². The maximum Gasteiger partial charge on any atom is 0.267 e. The van der Waals surface area contributed by atoms with E-state index in [0.717, 1.165) is 61.8 Å². The summed E-state index contributed by atoms with van der Waals surface area (Å²) in [6, 6.07) is 11.3. The number of fused-ring (bicyclic) bond motifs is 1. The highest BCUT2D eigenvalue weighted by Gasteiger charge is 2.35. The minimum absolute atomic E-state index is 0.0348. The molecule has 2 fully saturated rings. The zero-order valence-corrected chi connectivity index (χ0v) is 22.9. The number of hydrogen-bond acceptors (Lipinski definition) is 7. The molecule has 1 aliphatic carbocycles. The van der Waals surface area contributed by atoms with Crippen molar-refractivity contribution >= 4 is 16.8 Å². The number of methoxy groups -OCH3 is 1. The molecule has 1 saturated carbocycles. The normalized spacial score (nSPS) is 25.9. The highest BCUT2D eigenvalue weighted by Crippen LogP contribution is 2.33. The third kappa shape index (κ3) is 6.72. The first-order valence-corrected chi connectivity index (χ1v) is 14.0. The Morgan fingerprint density at radius 1 is 1.23 bits per heavy atom. The molecular formula is C30H40N4O5. The summed E-state index contributed by atoms with van der Waals surface area (Å²) in [4.78, 5) is 22.9. The van der Waals surface area contributed by atoms with E-state index in [1.165, 1.54) is 0 Å². The maximum absolute atomic E-state index is 13.1. The predicted molar refractivity (Wildman–Crippen MR) is 149 cm³/mol. The largest absolute Gasteiger partial charge is 0.488 e. The number of H-pyrrole nitrogens is 1. The molecule has 3 aromatic rings. The van der Waals surface area contributed by atoms with Crippen molar-refractivity contribution in [3.63, 3.8) is 0 Å². The lowest BCUT2D eigenvalue weighted by atomic mass is 9.80. The lowest BCUT2D eigenvalue weighted by Gasteiger charge is -2.39. The van der Waals surface area contributed by atoms with E-state index in [9.17, 15) is 15.0 Å². The molecule has 5 rings (SSSR count). The van der Waals surface area contributed by atoms with Crippen molar-refractivity contribution in [1.29, 1.82) is 0 Å². The smallest absolute Gasteiger partial charge is 0.267 e. The predicted octanol–water partition coefficient (Wildman–Crippen LogP) is 3.65. The minimum Gasteiger partial charge on any atom is -0.488 e. The van der Waals surface area contributed by atoms with Crippen LogP contribution in [0.25, 0.3) is 10.9 Å². The Labute approximate surface area is 229 Å². The number of pyridine rings is 1. The highest BCUT2D eigenvalue weighted by molar-refractivity contribution is 5.99. The molecule has 0 bridgehead atoms. The average Bonchev–Trinajstić information content (AvgIpc) is 3.40. The van der Waals surface area contributed by atoms with Gasteiger partial charge in [0.2, 0.25) is 5.88 Å². The van der Waals surface area contributed by atoms with Crippen LogP contribution in [0.4, 0.5) is 0 Å². The van der Waals surface area contributed by atoms with Gasteiger partial charge in [0, 0.05) is 54.4 Å². The van der Waals surface area contributed by atoms with Crippen molar-refractivity contribution in [2.45, 2.75) is 69.8 Å². The van der Waals surface area contributed by atoms with Crippen molar-refractivity contribution in [2.75, 3.05) is 26.7 Å². The Hall–Kier alpha value is -3.14. The van der Waals surface area contributed by atoms with Crippen molar-refractivity contribution in [3.8, 4) is 11.6 Å². The molecule has 9 heteroatoms. The van der Waals surface area contributed by atoms with Crippen LogP contribution in [-0.4, -0.2) is 75.5 Å². The second-order valence-corrected chi connectivity index (χ2v) is 11.3. The number of aromatic amines is 1. The van der Waals surface area contributed by atoms with E-state index in [1.54, 1.807) is 19.4 Å². The van der Waals surface area contributed by atoms with Gasteiger partial charge in [-0.15, -0.1) is 0 Å². The van der Waals surface area contributed by atoms with Crippen LogP contribution in [0.2, 0.25) is 0 Å². The third-order valence-electron chi connectivity index (χ3n) is 8.36. The molecule has 1 aromatic carbocycles.